The molecule has 0 fully saturated rings. The van der Waals surface area contributed by atoms with E-state index in [0.29, 0.717) is 10.9 Å². The van der Waals surface area contributed by atoms with Crippen molar-refractivity contribution in [2.45, 2.75) is 13.0 Å². The average Bonchev–Trinajstić information content (AvgIpc) is 2.63. The standard InChI is InChI=1S/C20H20N2O4/c1-22-11-17(26-12-13-6-8-15(25-2)9-7-13)20(24)16-5-3-4-14(19(16)22)10-18(21)23/h3-9,11H,10,12H2,1-2H3,(H2,21,23). The van der Waals surface area contributed by atoms with Crippen molar-refractivity contribution in [3.63, 3.8) is 0 Å². The number of methoxy groups -OCH3 is 1. The fraction of sp³-hybridized carbons (Fsp3) is 0.200. The second-order valence-electron chi connectivity index (χ2n) is 6.03. The van der Waals surface area contributed by atoms with Crippen LogP contribution in [0, 0.1) is 0 Å². The Kier molecular flexibility index (Phi) is 4.93. The Morgan fingerprint density at radius 3 is 2.54 bits per heavy atom. The van der Waals surface area contributed by atoms with Crippen molar-refractivity contribution in [1.82, 2.24) is 4.57 Å². The molecule has 2 aromatic carbocycles. The van der Waals surface area contributed by atoms with Crippen LogP contribution in [0.2, 0.25) is 0 Å². The molecule has 0 bridgehead atoms. The quantitative estimate of drug-likeness (QED) is 0.737. The predicted octanol–water partition coefficient (Wildman–Crippen LogP) is 2.15. The number of nitrogens with two attached hydrogens (primary N) is 1. The Morgan fingerprint density at radius 1 is 1.15 bits per heavy atom. The summed E-state index contributed by atoms with van der Waals surface area (Å²) < 4.78 is 12.7. The number of amides is 1. The van der Waals surface area contributed by atoms with Gasteiger partial charge in [-0.1, -0.05) is 24.3 Å². The molecule has 0 saturated heterocycles. The molecule has 0 aliphatic heterocycles. The number of benzene rings is 2. The van der Waals surface area contributed by atoms with Crippen molar-refractivity contribution < 1.29 is 14.3 Å². The van der Waals surface area contributed by atoms with Crippen molar-refractivity contribution in [3.8, 4) is 11.5 Å². The van der Waals surface area contributed by atoms with Crippen LogP contribution in [-0.4, -0.2) is 17.6 Å². The zero-order valence-corrected chi connectivity index (χ0v) is 14.7. The Labute approximate surface area is 150 Å². The lowest BCUT2D eigenvalue weighted by Gasteiger charge is -2.13. The molecular formula is C20H20N2O4. The molecule has 3 rings (SSSR count). The first-order valence-electron chi connectivity index (χ1n) is 8.15. The smallest absolute Gasteiger partial charge is 0.231 e. The molecule has 0 unspecified atom stereocenters. The first-order valence-corrected chi connectivity index (χ1v) is 8.15. The first-order chi connectivity index (χ1) is 12.5. The van der Waals surface area contributed by atoms with Crippen LogP contribution in [-0.2, 0) is 24.9 Å². The normalized spacial score (nSPS) is 10.7. The van der Waals surface area contributed by atoms with E-state index in [2.05, 4.69) is 0 Å². The number of aromatic nitrogens is 1. The van der Waals surface area contributed by atoms with Gasteiger partial charge in [-0.05, 0) is 29.3 Å². The summed E-state index contributed by atoms with van der Waals surface area (Å²) in [6.45, 7) is 0.270. The van der Waals surface area contributed by atoms with Gasteiger partial charge >= 0.3 is 0 Å². The monoisotopic (exact) mass is 352 g/mol. The largest absolute Gasteiger partial charge is 0.497 e. The average molecular weight is 352 g/mol. The van der Waals surface area contributed by atoms with Gasteiger partial charge in [-0.25, -0.2) is 0 Å². The minimum atomic E-state index is -0.440. The number of hydrogen-bond donors (Lipinski definition) is 1. The van der Waals surface area contributed by atoms with E-state index in [9.17, 15) is 9.59 Å². The maximum atomic E-state index is 12.8. The number of nitrogens with zero attached hydrogens (tertiary/aromatic N) is 1. The van der Waals surface area contributed by atoms with Crippen LogP contribution in [0.3, 0.4) is 0 Å². The Hall–Kier alpha value is -3.28. The molecule has 6 nitrogen and oxygen atoms in total. The summed E-state index contributed by atoms with van der Waals surface area (Å²) in [5, 5.41) is 0.499. The zero-order chi connectivity index (χ0) is 18.7. The molecular weight excluding hydrogens is 332 g/mol. The number of carbonyl (C=O) groups excluding carboxylic acids is 1. The third-order valence-electron chi connectivity index (χ3n) is 4.17. The van der Waals surface area contributed by atoms with E-state index in [-0.39, 0.29) is 24.2 Å². The number of fused-ring (bicyclic) bond motifs is 1. The van der Waals surface area contributed by atoms with E-state index in [1.807, 2.05) is 31.3 Å². The molecule has 0 saturated carbocycles. The molecule has 6 heteroatoms. The van der Waals surface area contributed by atoms with Crippen molar-refractivity contribution >= 4 is 16.8 Å². The van der Waals surface area contributed by atoms with Gasteiger partial charge in [-0.15, -0.1) is 0 Å². The van der Waals surface area contributed by atoms with Crippen LogP contribution in [0.4, 0.5) is 0 Å². The van der Waals surface area contributed by atoms with E-state index in [0.717, 1.165) is 16.9 Å². The van der Waals surface area contributed by atoms with E-state index >= 15 is 0 Å². The van der Waals surface area contributed by atoms with Gasteiger partial charge in [0, 0.05) is 12.4 Å². The summed E-state index contributed by atoms with van der Waals surface area (Å²) >= 11 is 0. The summed E-state index contributed by atoms with van der Waals surface area (Å²) in [5.41, 5.74) is 7.43. The highest BCUT2D eigenvalue weighted by Crippen LogP contribution is 2.20. The molecule has 1 amide bonds. The van der Waals surface area contributed by atoms with Crippen LogP contribution in [0.15, 0.2) is 53.5 Å². The number of primary amides is 1. The fourth-order valence-electron chi connectivity index (χ4n) is 2.94. The topological polar surface area (TPSA) is 83.5 Å². The van der Waals surface area contributed by atoms with Crippen LogP contribution < -0.4 is 20.6 Å². The predicted molar refractivity (Wildman–Crippen MR) is 99.4 cm³/mol. The van der Waals surface area contributed by atoms with Gasteiger partial charge in [-0.3, -0.25) is 9.59 Å². The van der Waals surface area contributed by atoms with Crippen molar-refractivity contribution in [2.75, 3.05) is 7.11 Å². The van der Waals surface area contributed by atoms with E-state index < -0.39 is 5.91 Å². The number of rotatable bonds is 6. The number of pyridine rings is 1. The summed E-state index contributed by atoms with van der Waals surface area (Å²) in [6, 6.07) is 12.7. The zero-order valence-electron chi connectivity index (χ0n) is 14.7. The molecule has 1 aromatic heterocycles. The van der Waals surface area contributed by atoms with Crippen LogP contribution in [0.5, 0.6) is 11.5 Å². The molecule has 0 spiro atoms. The second kappa shape index (κ2) is 7.31. The molecule has 134 valence electrons. The van der Waals surface area contributed by atoms with Gasteiger partial charge in [-0.2, -0.15) is 0 Å². The highest BCUT2D eigenvalue weighted by Gasteiger charge is 2.13. The number of ether oxygens (including phenoxy) is 2. The van der Waals surface area contributed by atoms with Crippen molar-refractivity contribution in [1.29, 1.82) is 0 Å². The van der Waals surface area contributed by atoms with Crippen LogP contribution in [0.1, 0.15) is 11.1 Å². The summed E-state index contributed by atoms with van der Waals surface area (Å²) in [6.07, 6.45) is 1.72. The maximum absolute atomic E-state index is 12.8. The van der Waals surface area contributed by atoms with Crippen molar-refractivity contribution in [3.05, 3.63) is 70.0 Å². The van der Waals surface area contributed by atoms with Crippen molar-refractivity contribution in [2.24, 2.45) is 12.8 Å². The molecule has 3 aromatic rings. The summed E-state index contributed by atoms with van der Waals surface area (Å²) in [4.78, 5) is 24.0. The van der Waals surface area contributed by atoms with E-state index in [1.54, 1.807) is 36.1 Å². The minimum Gasteiger partial charge on any atom is -0.497 e. The fourth-order valence-corrected chi connectivity index (χ4v) is 2.94. The van der Waals surface area contributed by atoms with Gasteiger partial charge < -0.3 is 19.8 Å². The van der Waals surface area contributed by atoms with Crippen LogP contribution in [0.25, 0.3) is 10.9 Å². The van der Waals surface area contributed by atoms with Gasteiger partial charge in [0.15, 0.2) is 5.75 Å². The van der Waals surface area contributed by atoms with Crippen LogP contribution >= 0.6 is 0 Å². The lowest BCUT2D eigenvalue weighted by Crippen LogP contribution is -2.17. The molecule has 0 aliphatic rings. The molecule has 0 atom stereocenters. The van der Waals surface area contributed by atoms with E-state index in [1.165, 1.54) is 0 Å². The van der Waals surface area contributed by atoms with Gasteiger partial charge in [0.1, 0.15) is 12.4 Å². The lowest BCUT2D eigenvalue weighted by atomic mass is 10.1. The third-order valence-corrected chi connectivity index (χ3v) is 4.17. The number of carbonyl (C=O) groups is 1. The Bertz CT molecular complexity index is 1010. The highest BCUT2D eigenvalue weighted by molar-refractivity contribution is 5.88. The number of para-hydroxylation sites is 1. The first kappa shape index (κ1) is 17.5. The number of aryl methyl sites for hydroxylation is 1. The highest BCUT2D eigenvalue weighted by atomic mass is 16.5. The molecule has 0 radical (unpaired) electrons. The third kappa shape index (κ3) is 3.54. The molecule has 0 aliphatic carbocycles. The molecule has 1 heterocycles. The van der Waals surface area contributed by atoms with E-state index in [4.69, 9.17) is 15.2 Å². The summed E-state index contributed by atoms with van der Waals surface area (Å²) in [5.74, 6) is 0.578. The molecule has 26 heavy (non-hydrogen) atoms. The Balaban J connectivity index is 1.93. The molecule has 2 N–H and O–H groups in total. The lowest BCUT2D eigenvalue weighted by molar-refractivity contribution is -0.117. The summed E-state index contributed by atoms with van der Waals surface area (Å²) in [7, 11) is 3.42. The van der Waals surface area contributed by atoms with Gasteiger partial charge in [0.25, 0.3) is 0 Å². The second-order valence-corrected chi connectivity index (χ2v) is 6.03. The Morgan fingerprint density at radius 2 is 1.88 bits per heavy atom. The maximum Gasteiger partial charge on any atom is 0.231 e. The number of hydrogen-bond acceptors (Lipinski definition) is 4. The SMILES string of the molecule is COc1ccc(COc2cn(C)c3c(CC(N)=O)cccc3c2=O)cc1. The minimum absolute atomic E-state index is 0.0800. The van der Waals surface area contributed by atoms with Gasteiger partial charge in [0.05, 0.1) is 25.2 Å². The van der Waals surface area contributed by atoms with Gasteiger partial charge in [0.2, 0.25) is 11.3 Å².